The highest BCUT2D eigenvalue weighted by Crippen LogP contribution is 2.62. The van der Waals surface area contributed by atoms with Gasteiger partial charge in [-0.05, 0) is 54.8 Å². The molecule has 0 aromatic rings. The standard InChI is InChI=1S/C19H28O2/c1-18(2)12-6-10(16(20)14(18)8-12)5-11-7-13-9-15(17(11)21)19(13,3)4/h10-15H,5-9H2,1-4H3/t10?,11?,12-,13-,14-,15-/m0/s1. The summed E-state index contributed by atoms with van der Waals surface area (Å²) in [4.78, 5) is 25.3. The van der Waals surface area contributed by atoms with Gasteiger partial charge in [-0.3, -0.25) is 9.59 Å². The molecular formula is C19H28O2. The predicted octanol–water partition coefficient (Wildman–Crippen LogP) is 3.88. The van der Waals surface area contributed by atoms with Crippen LogP contribution in [0.4, 0.5) is 0 Å². The monoisotopic (exact) mass is 288 g/mol. The summed E-state index contributed by atoms with van der Waals surface area (Å²) >= 11 is 0. The second-order valence-corrected chi connectivity index (χ2v) is 9.52. The molecule has 0 saturated heterocycles. The molecule has 0 radical (unpaired) electrons. The first kappa shape index (κ1) is 14.0. The van der Waals surface area contributed by atoms with E-state index in [0.29, 0.717) is 11.6 Å². The topological polar surface area (TPSA) is 34.1 Å². The Morgan fingerprint density at radius 3 is 1.43 bits per heavy atom. The maximum Gasteiger partial charge on any atom is 0.139 e. The summed E-state index contributed by atoms with van der Waals surface area (Å²) in [7, 11) is 0. The van der Waals surface area contributed by atoms with Crippen LogP contribution >= 0.6 is 0 Å². The van der Waals surface area contributed by atoms with E-state index in [4.69, 9.17) is 0 Å². The van der Waals surface area contributed by atoms with Crippen LogP contribution in [0.3, 0.4) is 0 Å². The Morgan fingerprint density at radius 1 is 0.762 bits per heavy atom. The summed E-state index contributed by atoms with van der Waals surface area (Å²) in [5.41, 5.74) is 0.461. The van der Waals surface area contributed by atoms with Gasteiger partial charge in [0.15, 0.2) is 0 Å². The Bertz CT molecular complexity index is 470. The summed E-state index contributed by atoms with van der Waals surface area (Å²) in [6, 6.07) is 0. The molecule has 116 valence electrons. The van der Waals surface area contributed by atoms with Gasteiger partial charge in [0.1, 0.15) is 11.6 Å². The van der Waals surface area contributed by atoms with Crippen molar-refractivity contribution in [1.82, 2.24) is 0 Å². The van der Waals surface area contributed by atoms with Crippen LogP contribution in [0.15, 0.2) is 0 Å². The van der Waals surface area contributed by atoms with E-state index < -0.39 is 0 Å². The molecule has 0 N–H and O–H groups in total. The first-order valence-corrected chi connectivity index (χ1v) is 8.80. The van der Waals surface area contributed by atoms with Crippen LogP contribution in [0.25, 0.3) is 0 Å². The van der Waals surface area contributed by atoms with Gasteiger partial charge in [0.05, 0.1) is 0 Å². The number of hydrogen-bond donors (Lipinski definition) is 0. The molecule has 6 saturated carbocycles. The van der Waals surface area contributed by atoms with Crippen LogP contribution in [-0.4, -0.2) is 11.6 Å². The average Bonchev–Trinajstić information content (AvgIpc) is 2.41. The highest BCUT2D eigenvalue weighted by atomic mass is 16.1. The van der Waals surface area contributed by atoms with Gasteiger partial charge in [0, 0.05) is 23.7 Å². The fraction of sp³-hybridized carbons (Fsp3) is 0.895. The largest absolute Gasteiger partial charge is 0.299 e. The molecule has 6 aliphatic rings. The Kier molecular flexibility index (Phi) is 2.66. The number of hydrogen-bond acceptors (Lipinski definition) is 2. The van der Waals surface area contributed by atoms with Crippen molar-refractivity contribution in [1.29, 1.82) is 0 Å². The summed E-state index contributed by atoms with van der Waals surface area (Å²) in [5, 5.41) is 0. The molecule has 6 fully saturated rings. The van der Waals surface area contributed by atoms with E-state index in [1.165, 1.54) is 0 Å². The number of carbonyl (C=O) groups is 2. The highest BCUT2D eigenvalue weighted by Gasteiger charge is 2.60. The molecule has 2 unspecified atom stereocenters. The molecule has 6 rings (SSSR count). The van der Waals surface area contributed by atoms with Crippen molar-refractivity contribution in [2.45, 2.75) is 59.8 Å². The van der Waals surface area contributed by atoms with Crippen molar-refractivity contribution in [3.8, 4) is 0 Å². The van der Waals surface area contributed by atoms with E-state index in [-0.39, 0.29) is 34.5 Å². The van der Waals surface area contributed by atoms with E-state index in [0.717, 1.165) is 43.9 Å². The van der Waals surface area contributed by atoms with Gasteiger partial charge in [-0.1, -0.05) is 27.7 Å². The Hall–Kier alpha value is -0.660. The minimum Gasteiger partial charge on any atom is -0.299 e. The number of ketones is 2. The molecule has 0 aromatic carbocycles. The molecule has 6 aliphatic carbocycles. The molecule has 4 bridgehead atoms. The first-order valence-electron chi connectivity index (χ1n) is 8.80. The lowest BCUT2D eigenvalue weighted by molar-refractivity contribution is -0.165. The molecule has 0 spiro atoms. The number of carbonyl (C=O) groups excluding carboxylic acids is 2. The minimum absolute atomic E-state index is 0.191. The molecule has 2 nitrogen and oxygen atoms in total. The third-order valence-corrected chi connectivity index (χ3v) is 8.14. The highest BCUT2D eigenvalue weighted by molar-refractivity contribution is 5.90. The third-order valence-electron chi connectivity index (χ3n) is 8.14. The first-order chi connectivity index (χ1) is 9.73. The van der Waals surface area contributed by atoms with Gasteiger partial charge < -0.3 is 0 Å². The van der Waals surface area contributed by atoms with E-state index >= 15 is 0 Å². The molecule has 0 aliphatic heterocycles. The van der Waals surface area contributed by atoms with Crippen molar-refractivity contribution in [3.63, 3.8) is 0 Å². The van der Waals surface area contributed by atoms with Crippen molar-refractivity contribution in [2.75, 3.05) is 0 Å². The maximum atomic E-state index is 12.7. The van der Waals surface area contributed by atoms with Gasteiger partial charge in [0.2, 0.25) is 0 Å². The second-order valence-electron chi connectivity index (χ2n) is 9.52. The van der Waals surface area contributed by atoms with Crippen LogP contribution in [0.2, 0.25) is 0 Å². The van der Waals surface area contributed by atoms with Crippen molar-refractivity contribution in [2.24, 2.45) is 46.3 Å². The zero-order valence-electron chi connectivity index (χ0n) is 13.8. The third kappa shape index (κ3) is 1.65. The van der Waals surface area contributed by atoms with Gasteiger partial charge in [-0.2, -0.15) is 0 Å². The minimum atomic E-state index is 0.191. The summed E-state index contributed by atoms with van der Waals surface area (Å²) in [6.45, 7) is 9.01. The van der Waals surface area contributed by atoms with E-state index in [2.05, 4.69) is 27.7 Å². The van der Waals surface area contributed by atoms with E-state index in [1.807, 2.05) is 0 Å². The SMILES string of the molecule is CC1(C)[C@H]2CC(CC3C[C@H]4C[C@@H](C3=O)C4(C)C)C(=O)[C@@H]1C2. The molecule has 2 heteroatoms. The fourth-order valence-corrected chi connectivity index (χ4v) is 6.05. The van der Waals surface area contributed by atoms with Crippen molar-refractivity contribution >= 4 is 11.6 Å². The molecule has 21 heavy (non-hydrogen) atoms. The smallest absolute Gasteiger partial charge is 0.139 e. The Labute approximate surface area is 128 Å². The zero-order valence-corrected chi connectivity index (χ0v) is 13.8. The average molecular weight is 288 g/mol. The lowest BCUT2D eigenvalue weighted by atomic mass is 9.43. The van der Waals surface area contributed by atoms with Gasteiger partial charge >= 0.3 is 0 Å². The van der Waals surface area contributed by atoms with E-state index in [9.17, 15) is 9.59 Å². The molecule has 0 amide bonds. The zero-order chi connectivity index (χ0) is 15.2. The van der Waals surface area contributed by atoms with Crippen LogP contribution < -0.4 is 0 Å². The summed E-state index contributed by atoms with van der Waals surface area (Å²) < 4.78 is 0. The molecule has 0 heterocycles. The molecular weight excluding hydrogens is 260 g/mol. The number of Topliss-reactive ketones (excluding diaryl/α,β-unsaturated/α-hetero) is 2. The van der Waals surface area contributed by atoms with Gasteiger partial charge in [-0.15, -0.1) is 0 Å². The molecule has 6 atom stereocenters. The predicted molar refractivity (Wildman–Crippen MR) is 81.6 cm³/mol. The lowest BCUT2D eigenvalue weighted by Gasteiger charge is -2.60. The van der Waals surface area contributed by atoms with Crippen molar-refractivity contribution in [3.05, 3.63) is 0 Å². The number of rotatable bonds is 2. The van der Waals surface area contributed by atoms with Crippen molar-refractivity contribution < 1.29 is 9.59 Å². The van der Waals surface area contributed by atoms with Gasteiger partial charge in [-0.25, -0.2) is 0 Å². The van der Waals surface area contributed by atoms with E-state index in [1.54, 1.807) is 0 Å². The fourth-order valence-electron chi connectivity index (χ4n) is 6.05. The summed E-state index contributed by atoms with van der Waals surface area (Å²) in [6.07, 6.45) is 5.18. The van der Waals surface area contributed by atoms with Gasteiger partial charge in [0.25, 0.3) is 0 Å². The normalized spacial score (nSPS) is 49.3. The van der Waals surface area contributed by atoms with Crippen LogP contribution in [-0.2, 0) is 9.59 Å². The quantitative estimate of drug-likeness (QED) is 0.772. The second kappa shape index (κ2) is 4.00. The Balaban J connectivity index is 1.45. The Morgan fingerprint density at radius 2 is 1.14 bits per heavy atom. The van der Waals surface area contributed by atoms with Crippen LogP contribution in [0.1, 0.15) is 59.8 Å². The van der Waals surface area contributed by atoms with Crippen LogP contribution in [0.5, 0.6) is 0 Å². The summed E-state index contributed by atoms with van der Waals surface area (Å²) in [5.74, 6) is 3.34. The number of fused-ring (bicyclic) bond motifs is 4. The van der Waals surface area contributed by atoms with Crippen LogP contribution in [0, 0.1) is 46.3 Å². The maximum absolute atomic E-state index is 12.7. The molecule has 0 aromatic heterocycles. The lowest BCUT2D eigenvalue weighted by Crippen LogP contribution is -2.58.